The molecule has 1 aliphatic heterocycles. The van der Waals surface area contributed by atoms with Crippen LogP contribution in [0.4, 0.5) is 0 Å². The summed E-state index contributed by atoms with van der Waals surface area (Å²) in [6.45, 7) is 0.724. The summed E-state index contributed by atoms with van der Waals surface area (Å²) in [6.07, 6.45) is 6.54. The SMILES string of the molecule is O=C(c1ccc2nc[nH]c2c1)N1CCC=C2c3cc(O)ccc3CCC21. The average Bonchev–Trinajstić information content (AvgIpc) is 3.14. The molecule has 5 rings (SSSR count). The predicted molar refractivity (Wildman–Crippen MR) is 99.9 cm³/mol. The number of hydrogen-bond acceptors (Lipinski definition) is 3. The molecule has 5 nitrogen and oxygen atoms in total. The third-order valence-corrected chi connectivity index (χ3v) is 5.49. The second-order valence-corrected chi connectivity index (χ2v) is 6.98. The van der Waals surface area contributed by atoms with E-state index in [2.05, 4.69) is 16.0 Å². The number of benzene rings is 2. The number of nitrogens with one attached hydrogen (secondary N) is 1. The normalized spacial score (nSPS) is 19.0. The van der Waals surface area contributed by atoms with Crippen molar-refractivity contribution in [1.29, 1.82) is 0 Å². The number of rotatable bonds is 1. The van der Waals surface area contributed by atoms with E-state index in [0.717, 1.165) is 42.4 Å². The van der Waals surface area contributed by atoms with Crippen LogP contribution < -0.4 is 0 Å². The standard InChI is InChI=1S/C21H19N3O2/c25-15-6-3-13-5-8-20-16(17(13)11-15)2-1-9-24(20)21(26)14-4-7-18-19(10-14)23-12-22-18/h2-4,6-7,10-12,20,25H,1,5,8-9H2,(H,22,23). The lowest BCUT2D eigenvalue weighted by molar-refractivity contribution is 0.0706. The molecule has 0 saturated heterocycles. The Morgan fingerprint density at radius 1 is 1.23 bits per heavy atom. The van der Waals surface area contributed by atoms with Crippen molar-refractivity contribution in [1.82, 2.24) is 14.9 Å². The molecule has 0 bridgehead atoms. The number of carbonyl (C=O) groups is 1. The van der Waals surface area contributed by atoms with Crippen LogP contribution in [0.1, 0.15) is 34.3 Å². The van der Waals surface area contributed by atoms with E-state index in [9.17, 15) is 9.90 Å². The number of H-pyrrole nitrogens is 1. The van der Waals surface area contributed by atoms with Crippen LogP contribution in [0.15, 0.2) is 48.8 Å². The number of phenols is 1. The predicted octanol–water partition coefficient (Wildman–Crippen LogP) is 3.51. The molecule has 2 aliphatic rings. The van der Waals surface area contributed by atoms with Crippen LogP contribution in [0, 0.1) is 0 Å². The smallest absolute Gasteiger partial charge is 0.254 e. The zero-order chi connectivity index (χ0) is 17.7. The number of phenolic OH excluding ortho intramolecular Hbond substituents is 1. The molecule has 5 heteroatoms. The molecular formula is C21H19N3O2. The Morgan fingerprint density at radius 2 is 2.15 bits per heavy atom. The van der Waals surface area contributed by atoms with Gasteiger partial charge in [0.15, 0.2) is 0 Å². The number of fused-ring (bicyclic) bond motifs is 4. The summed E-state index contributed by atoms with van der Waals surface area (Å²) >= 11 is 0. The number of imidazole rings is 1. The molecule has 26 heavy (non-hydrogen) atoms. The molecule has 2 aromatic carbocycles. The van der Waals surface area contributed by atoms with Gasteiger partial charge in [0.25, 0.3) is 5.91 Å². The maximum atomic E-state index is 13.2. The minimum Gasteiger partial charge on any atom is -0.508 e. The van der Waals surface area contributed by atoms with Gasteiger partial charge in [0.05, 0.1) is 23.4 Å². The molecule has 1 atom stereocenters. The van der Waals surface area contributed by atoms with Crippen LogP contribution in [-0.2, 0) is 6.42 Å². The van der Waals surface area contributed by atoms with E-state index in [1.54, 1.807) is 12.4 Å². The molecule has 3 aromatic rings. The first-order valence-electron chi connectivity index (χ1n) is 8.97. The quantitative estimate of drug-likeness (QED) is 0.709. The van der Waals surface area contributed by atoms with Crippen LogP contribution in [0.2, 0.25) is 0 Å². The Hall–Kier alpha value is -3.08. The van der Waals surface area contributed by atoms with Crippen LogP contribution in [0.5, 0.6) is 5.75 Å². The van der Waals surface area contributed by atoms with Crippen molar-refractivity contribution >= 4 is 22.5 Å². The Kier molecular flexibility index (Phi) is 3.35. The van der Waals surface area contributed by atoms with Crippen LogP contribution in [0.25, 0.3) is 16.6 Å². The van der Waals surface area contributed by atoms with Crippen molar-refractivity contribution < 1.29 is 9.90 Å². The first-order valence-corrected chi connectivity index (χ1v) is 8.97. The highest BCUT2D eigenvalue weighted by molar-refractivity contribution is 5.99. The van der Waals surface area contributed by atoms with Crippen LogP contribution in [-0.4, -0.2) is 38.5 Å². The molecule has 2 heterocycles. The van der Waals surface area contributed by atoms with Gasteiger partial charge in [0.1, 0.15) is 5.75 Å². The van der Waals surface area contributed by atoms with Gasteiger partial charge >= 0.3 is 0 Å². The molecule has 0 fully saturated rings. The number of aryl methyl sites for hydroxylation is 1. The average molecular weight is 345 g/mol. The maximum absolute atomic E-state index is 13.2. The highest BCUT2D eigenvalue weighted by Gasteiger charge is 2.34. The van der Waals surface area contributed by atoms with Gasteiger partial charge in [-0.1, -0.05) is 12.1 Å². The molecule has 1 amide bonds. The summed E-state index contributed by atoms with van der Waals surface area (Å²) in [7, 11) is 0. The van der Waals surface area contributed by atoms with Gasteiger partial charge in [0, 0.05) is 12.1 Å². The molecule has 0 saturated carbocycles. The molecule has 2 N–H and O–H groups in total. The number of aromatic amines is 1. The molecule has 1 unspecified atom stereocenters. The van der Waals surface area contributed by atoms with E-state index in [4.69, 9.17) is 0 Å². The summed E-state index contributed by atoms with van der Waals surface area (Å²) in [5.41, 5.74) is 5.93. The van der Waals surface area contributed by atoms with E-state index in [0.29, 0.717) is 5.56 Å². The first kappa shape index (κ1) is 15.2. The number of carbonyl (C=O) groups excluding carboxylic acids is 1. The molecule has 1 aliphatic carbocycles. The number of hydrogen-bond donors (Lipinski definition) is 2. The molecule has 130 valence electrons. The van der Waals surface area contributed by atoms with E-state index in [1.165, 1.54) is 11.1 Å². The van der Waals surface area contributed by atoms with Crippen molar-refractivity contribution in [2.24, 2.45) is 0 Å². The maximum Gasteiger partial charge on any atom is 0.254 e. The zero-order valence-corrected chi connectivity index (χ0v) is 14.3. The van der Waals surface area contributed by atoms with Crippen molar-refractivity contribution in [2.75, 3.05) is 6.54 Å². The fraction of sp³-hybridized carbons (Fsp3) is 0.238. The summed E-state index contributed by atoms with van der Waals surface area (Å²) in [4.78, 5) is 22.5. The minimum atomic E-state index is 0.0562. The lowest BCUT2D eigenvalue weighted by Gasteiger charge is -2.40. The highest BCUT2D eigenvalue weighted by Crippen LogP contribution is 2.38. The second-order valence-electron chi connectivity index (χ2n) is 6.98. The number of amides is 1. The summed E-state index contributed by atoms with van der Waals surface area (Å²) in [6, 6.07) is 11.3. The molecule has 1 aromatic heterocycles. The van der Waals surface area contributed by atoms with Crippen LogP contribution in [0.3, 0.4) is 0 Å². The van der Waals surface area contributed by atoms with Gasteiger partial charge in [-0.15, -0.1) is 0 Å². The summed E-state index contributed by atoms with van der Waals surface area (Å²) < 4.78 is 0. The number of aromatic hydroxyl groups is 1. The first-order chi connectivity index (χ1) is 12.7. The topological polar surface area (TPSA) is 69.2 Å². The lowest BCUT2D eigenvalue weighted by atomic mass is 9.80. The van der Waals surface area contributed by atoms with Crippen molar-refractivity contribution in [3.8, 4) is 5.75 Å². The Morgan fingerprint density at radius 3 is 3.08 bits per heavy atom. The number of nitrogens with zero attached hydrogens (tertiary/aromatic N) is 2. The van der Waals surface area contributed by atoms with E-state index < -0.39 is 0 Å². The Labute approximate surface area is 151 Å². The zero-order valence-electron chi connectivity index (χ0n) is 14.3. The van der Waals surface area contributed by atoms with Gasteiger partial charge in [-0.05, 0) is 66.3 Å². The second kappa shape index (κ2) is 5.73. The van der Waals surface area contributed by atoms with E-state index >= 15 is 0 Å². The lowest BCUT2D eigenvalue weighted by Crippen LogP contribution is -2.45. The van der Waals surface area contributed by atoms with Gasteiger partial charge in [-0.2, -0.15) is 0 Å². The van der Waals surface area contributed by atoms with Crippen LogP contribution >= 0.6 is 0 Å². The van der Waals surface area contributed by atoms with Crippen molar-refractivity contribution in [3.63, 3.8) is 0 Å². The van der Waals surface area contributed by atoms with Gasteiger partial charge < -0.3 is 15.0 Å². The monoisotopic (exact) mass is 345 g/mol. The Balaban J connectivity index is 1.51. The van der Waals surface area contributed by atoms with Gasteiger partial charge in [-0.25, -0.2) is 4.98 Å². The third kappa shape index (κ3) is 2.31. The van der Waals surface area contributed by atoms with E-state index in [1.807, 2.05) is 35.2 Å². The van der Waals surface area contributed by atoms with Crippen molar-refractivity contribution in [3.05, 3.63) is 65.5 Å². The van der Waals surface area contributed by atoms with Crippen molar-refractivity contribution in [2.45, 2.75) is 25.3 Å². The summed E-state index contributed by atoms with van der Waals surface area (Å²) in [5.74, 6) is 0.333. The molecule has 0 spiro atoms. The highest BCUT2D eigenvalue weighted by atomic mass is 16.3. The Bertz CT molecular complexity index is 1050. The van der Waals surface area contributed by atoms with Gasteiger partial charge in [-0.3, -0.25) is 4.79 Å². The number of aromatic nitrogens is 2. The third-order valence-electron chi connectivity index (χ3n) is 5.49. The van der Waals surface area contributed by atoms with Gasteiger partial charge in [0.2, 0.25) is 0 Å². The van der Waals surface area contributed by atoms with E-state index in [-0.39, 0.29) is 17.7 Å². The summed E-state index contributed by atoms with van der Waals surface area (Å²) in [5, 5.41) is 9.89. The molecule has 0 radical (unpaired) electrons. The molecular weight excluding hydrogens is 326 g/mol. The minimum absolute atomic E-state index is 0.0562. The largest absolute Gasteiger partial charge is 0.508 e. The fourth-order valence-electron chi connectivity index (χ4n) is 4.24. The fourth-order valence-corrected chi connectivity index (χ4v) is 4.24.